The Labute approximate surface area is 91.5 Å². The molecule has 0 aliphatic carbocycles. The molecule has 1 aromatic rings. The van der Waals surface area contributed by atoms with Crippen molar-refractivity contribution in [2.45, 2.75) is 26.9 Å². The van der Waals surface area contributed by atoms with E-state index in [1.807, 2.05) is 4.68 Å². The summed E-state index contributed by atoms with van der Waals surface area (Å²) in [5, 5.41) is 7.48. The zero-order valence-electron chi connectivity index (χ0n) is 9.90. The zero-order valence-corrected chi connectivity index (χ0v) is 9.90. The first-order valence-electron chi connectivity index (χ1n) is 5.53. The second-order valence-electron chi connectivity index (χ2n) is 3.56. The highest BCUT2D eigenvalue weighted by Crippen LogP contribution is 1.92. The topological polar surface area (TPSA) is 46.0 Å². The second kappa shape index (κ2) is 6.53. The second-order valence-corrected chi connectivity index (χ2v) is 3.56. The van der Waals surface area contributed by atoms with Crippen molar-refractivity contribution in [2.75, 3.05) is 26.7 Å². The van der Waals surface area contributed by atoms with E-state index in [2.05, 4.69) is 41.2 Å². The number of hydrogen-bond acceptors (Lipinski definition) is 4. The van der Waals surface area contributed by atoms with Crippen LogP contribution in [0, 0.1) is 0 Å². The van der Waals surface area contributed by atoms with Crippen LogP contribution in [0.5, 0.6) is 0 Å². The quantitative estimate of drug-likeness (QED) is 0.661. The van der Waals surface area contributed by atoms with Crippen LogP contribution in [0.1, 0.15) is 19.7 Å². The van der Waals surface area contributed by atoms with Gasteiger partial charge < -0.3 is 10.2 Å². The van der Waals surface area contributed by atoms with Crippen LogP contribution in [0.25, 0.3) is 0 Å². The van der Waals surface area contributed by atoms with Gasteiger partial charge in [-0.25, -0.2) is 9.67 Å². The van der Waals surface area contributed by atoms with Crippen LogP contribution < -0.4 is 5.32 Å². The van der Waals surface area contributed by atoms with E-state index in [0.29, 0.717) is 0 Å². The molecule has 0 aliphatic heterocycles. The molecule has 0 fully saturated rings. The third kappa shape index (κ3) is 3.97. The van der Waals surface area contributed by atoms with Gasteiger partial charge in [0.15, 0.2) is 0 Å². The Morgan fingerprint density at radius 3 is 2.93 bits per heavy atom. The van der Waals surface area contributed by atoms with Gasteiger partial charge in [0.05, 0.1) is 6.54 Å². The molecule has 5 nitrogen and oxygen atoms in total. The van der Waals surface area contributed by atoms with Gasteiger partial charge in [-0.05, 0) is 20.5 Å². The first kappa shape index (κ1) is 12.1. The van der Waals surface area contributed by atoms with E-state index >= 15 is 0 Å². The first-order chi connectivity index (χ1) is 7.27. The molecule has 0 radical (unpaired) electrons. The minimum Gasteiger partial charge on any atom is -0.309 e. The minimum atomic E-state index is 0.797. The molecule has 1 rings (SSSR count). The van der Waals surface area contributed by atoms with E-state index in [1.54, 1.807) is 6.33 Å². The third-order valence-electron chi connectivity index (χ3n) is 2.49. The van der Waals surface area contributed by atoms with Gasteiger partial charge in [-0.15, -0.1) is 0 Å². The first-order valence-corrected chi connectivity index (χ1v) is 5.53. The number of rotatable bonds is 7. The molecule has 0 unspecified atom stereocenters. The lowest BCUT2D eigenvalue weighted by atomic mass is 10.5. The molecule has 0 spiro atoms. The predicted octanol–water partition coefficient (Wildman–Crippen LogP) is 0.339. The number of hydrogen-bond donors (Lipinski definition) is 1. The molecule has 0 saturated heterocycles. The maximum absolute atomic E-state index is 4.20. The Kier molecular flexibility index (Phi) is 5.28. The summed E-state index contributed by atoms with van der Waals surface area (Å²) < 4.78 is 1.91. The fourth-order valence-corrected chi connectivity index (χ4v) is 1.32. The molecule has 1 heterocycles. The van der Waals surface area contributed by atoms with E-state index in [-0.39, 0.29) is 0 Å². The summed E-state index contributed by atoms with van der Waals surface area (Å²) >= 11 is 0. The van der Waals surface area contributed by atoms with Crippen LogP contribution in [0.3, 0.4) is 0 Å². The van der Waals surface area contributed by atoms with Crippen LogP contribution in [-0.4, -0.2) is 46.3 Å². The Morgan fingerprint density at radius 2 is 2.27 bits per heavy atom. The van der Waals surface area contributed by atoms with Gasteiger partial charge >= 0.3 is 0 Å². The van der Waals surface area contributed by atoms with Gasteiger partial charge in [0, 0.05) is 19.6 Å². The van der Waals surface area contributed by atoms with Gasteiger partial charge in [0.1, 0.15) is 12.2 Å². The fraction of sp³-hybridized carbons (Fsp3) is 0.800. The van der Waals surface area contributed by atoms with Crippen molar-refractivity contribution in [3.63, 3.8) is 0 Å². The summed E-state index contributed by atoms with van der Waals surface area (Å²) in [4.78, 5) is 6.47. The normalized spacial score (nSPS) is 11.2. The monoisotopic (exact) mass is 211 g/mol. The summed E-state index contributed by atoms with van der Waals surface area (Å²) in [6.07, 6.45) is 1.61. The summed E-state index contributed by atoms with van der Waals surface area (Å²) in [5.41, 5.74) is 0. The summed E-state index contributed by atoms with van der Waals surface area (Å²) in [7, 11) is 2.12. The largest absolute Gasteiger partial charge is 0.309 e. The smallest absolute Gasteiger partial charge is 0.140 e. The SMILES string of the molecule is CCN(C)CCNCc1ncnn1CC. The molecule has 15 heavy (non-hydrogen) atoms. The summed E-state index contributed by atoms with van der Waals surface area (Å²) in [5.74, 6) is 1.01. The lowest BCUT2D eigenvalue weighted by molar-refractivity contribution is 0.347. The standard InChI is InChI=1S/C10H21N5/c1-4-14(3)7-6-11-8-10-12-9-13-15(10)5-2/h9,11H,4-8H2,1-3H3. The van der Waals surface area contributed by atoms with Crippen molar-refractivity contribution in [1.82, 2.24) is 25.0 Å². The highest BCUT2D eigenvalue weighted by molar-refractivity contribution is 4.83. The van der Waals surface area contributed by atoms with Gasteiger partial charge in [-0.2, -0.15) is 5.10 Å². The molecule has 1 aromatic heterocycles. The van der Waals surface area contributed by atoms with Crippen LogP contribution in [-0.2, 0) is 13.1 Å². The lowest BCUT2D eigenvalue weighted by Crippen LogP contribution is -2.29. The van der Waals surface area contributed by atoms with Gasteiger partial charge in [-0.1, -0.05) is 6.92 Å². The van der Waals surface area contributed by atoms with Crippen LogP contribution in [0.2, 0.25) is 0 Å². The van der Waals surface area contributed by atoms with E-state index in [1.165, 1.54) is 0 Å². The van der Waals surface area contributed by atoms with Crippen molar-refractivity contribution < 1.29 is 0 Å². The van der Waals surface area contributed by atoms with E-state index in [9.17, 15) is 0 Å². The molecule has 0 aromatic carbocycles. The number of nitrogens with zero attached hydrogens (tertiary/aromatic N) is 4. The Bertz CT molecular complexity index is 271. The van der Waals surface area contributed by atoms with Crippen molar-refractivity contribution in [2.24, 2.45) is 0 Å². The Balaban J connectivity index is 2.20. The maximum Gasteiger partial charge on any atom is 0.140 e. The number of aryl methyl sites for hydroxylation is 1. The van der Waals surface area contributed by atoms with E-state index in [4.69, 9.17) is 0 Å². The molecule has 0 aliphatic rings. The van der Waals surface area contributed by atoms with Crippen molar-refractivity contribution in [3.8, 4) is 0 Å². The number of nitrogens with one attached hydrogen (secondary N) is 1. The Morgan fingerprint density at radius 1 is 1.47 bits per heavy atom. The number of aromatic nitrogens is 3. The molecule has 0 amide bonds. The van der Waals surface area contributed by atoms with Crippen LogP contribution in [0.15, 0.2) is 6.33 Å². The van der Waals surface area contributed by atoms with Crippen molar-refractivity contribution in [3.05, 3.63) is 12.2 Å². The average Bonchev–Trinajstić information content (AvgIpc) is 2.71. The number of likely N-dealkylation sites (N-methyl/N-ethyl adjacent to an activating group) is 1. The molecular weight excluding hydrogens is 190 g/mol. The molecule has 0 bridgehead atoms. The molecule has 0 saturated carbocycles. The minimum absolute atomic E-state index is 0.797. The molecular formula is C10H21N5. The predicted molar refractivity (Wildman–Crippen MR) is 60.6 cm³/mol. The molecule has 1 N–H and O–H groups in total. The average molecular weight is 211 g/mol. The highest BCUT2D eigenvalue weighted by Gasteiger charge is 2.01. The third-order valence-corrected chi connectivity index (χ3v) is 2.49. The summed E-state index contributed by atoms with van der Waals surface area (Å²) in [6, 6.07) is 0. The van der Waals surface area contributed by atoms with Gasteiger partial charge in [0.25, 0.3) is 0 Å². The summed E-state index contributed by atoms with van der Waals surface area (Å²) in [6.45, 7) is 9.05. The highest BCUT2D eigenvalue weighted by atomic mass is 15.3. The van der Waals surface area contributed by atoms with E-state index in [0.717, 1.165) is 38.5 Å². The van der Waals surface area contributed by atoms with E-state index < -0.39 is 0 Å². The van der Waals surface area contributed by atoms with Crippen molar-refractivity contribution >= 4 is 0 Å². The maximum atomic E-state index is 4.20. The van der Waals surface area contributed by atoms with Crippen LogP contribution >= 0.6 is 0 Å². The van der Waals surface area contributed by atoms with Gasteiger partial charge in [-0.3, -0.25) is 0 Å². The molecule has 0 atom stereocenters. The zero-order chi connectivity index (χ0) is 11.1. The van der Waals surface area contributed by atoms with Crippen molar-refractivity contribution in [1.29, 1.82) is 0 Å². The lowest BCUT2D eigenvalue weighted by Gasteiger charge is -2.13. The fourth-order valence-electron chi connectivity index (χ4n) is 1.32. The molecule has 5 heteroatoms. The Hall–Kier alpha value is -0.940. The van der Waals surface area contributed by atoms with Crippen LogP contribution in [0.4, 0.5) is 0 Å². The van der Waals surface area contributed by atoms with Gasteiger partial charge in [0.2, 0.25) is 0 Å². The molecule has 86 valence electrons.